The zero-order valence-electron chi connectivity index (χ0n) is 15.7. The van der Waals surface area contributed by atoms with Crippen LogP contribution in [0.1, 0.15) is 35.7 Å². The van der Waals surface area contributed by atoms with E-state index in [0.29, 0.717) is 12.1 Å². The Hall–Kier alpha value is -1.35. The SMILES string of the molecule is CCOCCCCNC(=NC)NCc1ccc(C(=O)N(C)C)cc1.I. The van der Waals surface area contributed by atoms with E-state index < -0.39 is 0 Å². The first kappa shape index (κ1) is 23.6. The monoisotopic (exact) mass is 462 g/mol. The Labute approximate surface area is 168 Å². The number of ether oxygens (including phenoxy) is 1. The molecule has 25 heavy (non-hydrogen) atoms. The fraction of sp³-hybridized carbons (Fsp3) is 0.556. The number of guanidine groups is 1. The third-order valence-corrected chi connectivity index (χ3v) is 3.50. The summed E-state index contributed by atoms with van der Waals surface area (Å²) in [6.07, 6.45) is 2.08. The number of aliphatic imine (C=N–C) groups is 1. The standard InChI is InChI=1S/C18H30N4O2.HI/c1-5-24-13-7-6-12-20-18(19-2)21-14-15-8-10-16(11-9-15)17(23)22(3)4;/h8-11H,5-7,12-14H2,1-4H3,(H2,19,20,21);1H. The normalized spacial score (nSPS) is 10.8. The Morgan fingerprint density at radius 3 is 2.40 bits per heavy atom. The Kier molecular flexibility index (Phi) is 13.1. The number of nitrogens with one attached hydrogen (secondary N) is 2. The van der Waals surface area contributed by atoms with Gasteiger partial charge in [-0.2, -0.15) is 0 Å². The fourth-order valence-electron chi connectivity index (χ4n) is 2.11. The Morgan fingerprint density at radius 2 is 1.84 bits per heavy atom. The van der Waals surface area contributed by atoms with Crippen LogP contribution in [0, 0.1) is 0 Å². The molecule has 2 N–H and O–H groups in total. The van der Waals surface area contributed by atoms with Crippen LogP contribution in [0.25, 0.3) is 0 Å². The molecule has 6 nitrogen and oxygen atoms in total. The van der Waals surface area contributed by atoms with Crippen molar-refractivity contribution in [3.8, 4) is 0 Å². The molecule has 0 bridgehead atoms. The molecule has 1 aromatic carbocycles. The Morgan fingerprint density at radius 1 is 1.16 bits per heavy atom. The van der Waals surface area contributed by atoms with E-state index in [9.17, 15) is 4.79 Å². The number of halogens is 1. The number of amides is 1. The van der Waals surface area contributed by atoms with Crippen LogP contribution in [0.4, 0.5) is 0 Å². The molecule has 142 valence electrons. The summed E-state index contributed by atoms with van der Waals surface area (Å²) >= 11 is 0. The van der Waals surface area contributed by atoms with Gasteiger partial charge in [-0.05, 0) is 37.5 Å². The van der Waals surface area contributed by atoms with Gasteiger partial charge in [-0.25, -0.2) is 0 Å². The van der Waals surface area contributed by atoms with Gasteiger partial charge in [0, 0.05) is 53.0 Å². The number of benzene rings is 1. The molecule has 0 heterocycles. The molecule has 1 amide bonds. The van der Waals surface area contributed by atoms with Gasteiger partial charge < -0.3 is 20.3 Å². The predicted octanol–water partition coefficient (Wildman–Crippen LogP) is 2.49. The van der Waals surface area contributed by atoms with Crippen LogP contribution in [-0.2, 0) is 11.3 Å². The molecule has 0 saturated heterocycles. The highest BCUT2D eigenvalue weighted by Crippen LogP contribution is 2.06. The molecule has 0 aromatic heterocycles. The highest BCUT2D eigenvalue weighted by Gasteiger charge is 2.07. The van der Waals surface area contributed by atoms with E-state index in [1.54, 1.807) is 26.0 Å². The van der Waals surface area contributed by atoms with Crippen LogP contribution in [0.3, 0.4) is 0 Å². The van der Waals surface area contributed by atoms with Crippen molar-refractivity contribution in [3.63, 3.8) is 0 Å². The number of carbonyl (C=O) groups is 1. The lowest BCUT2D eigenvalue weighted by molar-refractivity contribution is 0.0827. The minimum absolute atomic E-state index is 0. The second-order valence-corrected chi connectivity index (χ2v) is 5.65. The summed E-state index contributed by atoms with van der Waals surface area (Å²) in [5.41, 5.74) is 1.80. The lowest BCUT2D eigenvalue weighted by Crippen LogP contribution is -2.37. The van der Waals surface area contributed by atoms with E-state index in [0.717, 1.165) is 44.1 Å². The van der Waals surface area contributed by atoms with Gasteiger partial charge in [-0.1, -0.05) is 12.1 Å². The summed E-state index contributed by atoms with van der Waals surface area (Å²) in [4.78, 5) is 17.6. The third-order valence-electron chi connectivity index (χ3n) is 3.50. The number of carbonyl (C=O) groups excluding carboxylic acids is 1. The molecule has 0 atom stereocenters. The highest BCUT2D eigenvalue weighted by atomic mass is 127. The number of rotatable bonds is 9. The maximum atomic E-state index is 11.9. The van der Waals surface area contributed by atoms with Crippen LogP contribution >= 0.6 is 24.0 Å². The molecule has 0 unspecified atom stereocenters. The largest absolute Gasteiger partial charge is 0.382 e. The molecule has 1 aromatic rings. The van der Waals surface area contributed by atoms with Crippen LogP contribution in [0.15, 0.2) is 29.3 Å². The minimum atomic E-state index is 0. The molecule has 0 fully saturated rings. The first-order valence-electron chi connectivity index (χ1n) is 8.41. The van der Waals surface area contributed by atoms with Crippen LogP contribution in [-0.4, -0.2) is 57.7 Å². The summed E-state index contributed by atoms with van der Waals surface area (Å²) in [5, 5.41) is 6.56. The Balaban J connectivity index is 0.00000576. The van der Waals surface area contributed by atoms with E-state index >= 15 is 0 Å². The Bertz CT molecular complexity index is 518. The average molecular weight is 462 g/mol. The fourth-order valence-corrected chi connectivity index (χ4v) is 2.11. The van der Waals surface area contributed by atoms with Crippen molar-refractivity contribution in [2.45, 2.75) is 26.3 Å². The molecule has 0 radical (unpaired) electrons. The smallest absolute Gasteiger partial charge is 0.253 e. The summed E-state index contributed by atoms with van der Waals surface area (Å²) in [7, 11) is 5.26. The van der Waals surface area contributed by atoms with Gasteiger partial charge in [0.05, 0.1) is 0 Å². The zero-order chi connectivity index (χ0) is 17.8. The lowest BCUT2D eigenvalue weighted by atomic mass is 10.1. The minimum Gasteiger partial charge on any atom is -0.382 e. The van der Waals surface area contributed by atoms with Crippen molar-refractivity contribution in [2.24, 2.45) is 4.99 Å². The first-order valence-corrected chi connectivity index (χ1v) is 8.41. The molecule has 0 aliphatic heterocycles. The van der Waals surface area contributed by atoms with Gasteiger partial charge in [0.15, 0.2) is 5.96 Å². The van der Waals surface area contributed by atoms with E-state index in [-0.39, 0.29) is 29.9 Å². The van der Waals surface area contributed by atoms with Gasteiger partial charge in [0.25, 0.3) is 5.91 Å². The third kappa shape index (κ3) is 9.64. The van der Waals surface area contributed by atoms with Crippen molar-refractivity contribution in [3.05, 3.63) is 35.4 Å². The predicted molar refractivity (Wildman–Crippen MR) is 114 cm³/mol. The second kappa shape index (κ2) is 13.9. The number of nitrogens with zero attached hydrogens (tertiary/aromatic N) is 2. The quantitative estimate of drug-likeness (QED) is 0.256. The van der Waals surface area contributed by atoms with Gasteiger partial charge in [0.1, 0.15) is 0 Å². The van der Waals surface area contributed by atoms with Crippen LogP contribution in [0.2, 0.25) is 0 Å². The van der Waals surface area contributed by atoms with Crippen molar-refractivity contribution >= 4 is 35.8 Å². The van der Waals surface area contributed by atoms with E-state index in [1.165, 1.54) is 0 Å². The van der Waals surface area contributed by atoms with Crippen molar-refractivity contribution in [1.82, 2.24) is 15.5 Å². The maximum Gasteiger partial charge on any atom is 0.253 e. The summed E-state index contributed by atoms with van der Waals surface area (Å²) in [6, 6.07) is 7.62. The first-order chi connectivity index (χ1) is 11.6. The number of hydrogen-bond acceptors (Lipinski definition) is 3. The second-order valence-electron chi connectivity index (χ2n) is 5.65. The van der Waals surface area contributed by atoms with Gasteiger partial charge >= 0.3 is 0 Å². The summed E-state index contributed by atoms with van der Waals surface area (Å²) < 4.78 is 5.31. The van der Waals surface area contributed by atoms with Gasteiger partial charge in [-0.15, -0.1) is 24.0 Å². The molecular weight excluding hydrogens is 431 g/mol. The lowest BCUT2D eigenvalue weighted by Gasteiger charge is -2.13. The topological polar surface area (TPSA) is 66.0 Å². The zero-order valence-corrected chi connectivity index (χ0v) is 18.0. The number of unbranched alkanes of at least 4 members (excludes halogenated alkanes) is 1. The molecular formula is C18H31IN4O2. The van der Waals surface area contributed by atoms with Crippen LogP contribution < -0.4 is 10.6 Å². The van der Waals surface area contributed by atoms with E-state index in [1.807, 2.05) is 31.2 Å². The summed E-state index contributed by atoms with van der Waals surface area (Å²) in [6.45, 7) is 5.11. The van der Waals surface area contributed by atoms with E-state index in [4.69, 9.17) is 4.74 Å². The average Bonchev–Trinajstić information content (AvgIpc) is 2.60. The van der Waals surface area contributed by atoms with E-state index in [2.05, 4.69) is 15.6 Å². The maximum absolute atomic E-state index is 11.9. The molecule has 0 aliphatic carbocycles. The molecule has 1 rings (SSSR count). The molecule has 0 saturated carbocycles. The van der Waals surface area contributed by atoms with Crippen molar-refractivity contribution in [1.29, 1.82) is 0 Å². The van der Waals surface area contributed by atoms with Gasteiger partial charge in [0.2, 0.25) is 0 Å². The highest BCUT2D eigenvalue weighted by molar-refractivity contribution is 14.0. The summed E-state index contributed by atoms with van der Waals surface area (Å²) in [5.74, 6) is 0.791. The van der Waals surface area contributed by atoms with Crippen molar-refractivity contribution in [2.75, 3.05) is 40.9 Å². The molecule has 0 aliphatic rings. The van der Waals surface area contributed by atoms with Crippen molar-refractivity contribution < 1.29 is 9.53 Å². The number of hydrogen-bond donors (Lipinski definition) is 2. The molecule has 0 spiro atoms. The van der Waals surface area contributed by atoms with Crippen LogP contribution in [0.5, 0.6) is 0 Å². The van der Waals surface area contributed by atoms with Gasteiger partial charge in [-0.3, -0.25) is 9.79 Å². The molecule has 7 heteroatoms.